The largest absolute Gasteiger partial charge is 0.497 e. The van der Waals surface area contributed by atoms with Crippen LogP contribution in [-0.2, 0) is 11.2 Å². The first-order valence-electron chi connectivity index (χ1n) is 9.52. The highest BCUT2D eigenvalue weighted by Gasteiger charge is 2.13. The molecule has 1 unspecified atom stereocenters. The Hall–Kier alpha value is -3.08. The van der Waals surface area contributed by atoms with Crippen molar-refractivity contribution in [2.75, 3.05) is 7.11 Å². The van der Waals surface area contributed by atoms with Crippen molar-refractivity contribution in [3.05, 3.63) is 71.6 Å². The van der Waals surface area contributed by atoms with Crippen molar-refractivity contribution in [1.82, 2.24) is 10.3 Å². The fraction of sp³-hybridized carbons (Fsp3) is 0.304. The van der Waals surface area contributed by atoms with Crippen LogP contribution >= 0.6 is 0 Å². The molecule has 5 nitrogen and oxygen atoms in total. The van der Waals surface area contributed by atoms with Crippen LogP contribution in [0.25, 0.3) is 11.5 Å². The van der Waals surface area contributed by atoms with Gasteiger partial charge >= 0.3 is 0 Å². The summed E-state index contributed by atoms with van der Waals surface area (Å²) in [4.78, 5) is 16.8. The van der Waals surface area contributed by atoms with Crippen LogP contribution in [0.2, 0.25) is 0 Å². The first-order valence-corrected chi connectivity index (χ1v) is 9.52. The third-order valence-electron chi connectivity index (χ3n) is 4.72. The van der Waals surface area contributed by atoms with Crippen molar-refractivity contribution in [1.29, 1.82) is 0 Å². The number of amides is 1. The molecule has 28 heavy (non-hydrogen) atoms. The lowest BCUT2D eigenvalue weighted by atomic mass is 10.1. The molecule has 0 saturated heterocycles. The van der Waals surface area contributed by atoms with Gasteiger partial charge in [-0.1, -0.05) is 30.3 Å². The Morgan fingerprint density at radius 1 is 1.14 bits per heavy atom. The maximum atomic E-state index is 12.2. The van der Waals surface area contributed by atoms with E-state index in [0.717, 1.165) is 34.8 Å². The number of carbonyl (C=O) groups excluding carboxylic acids is 1. The second-order valence-corrected chi connectivity index (χ2v) is 6.80. The molecule has 0 radical (unpaired) electrons. The van der Waals surface area contributed by atoms with Crippen LogP contribution in [0.5, 0.6) is 5.75 Å². The number of rotatable bonds is 8. The van der Waals surface area contributed by atoms with Gasteiger partial charge in [-0.25, -0.2) is 4.98 Å². The summed E-state index contributed by atoms with van der Waals surface area (Å²) < 4.78 is 11.0. The molecule has 1 heterocycles. The number of nitrogens with zero attached hydrogens (tertiary/aromatic N) is 1. The van der Waals surface area contributed by atoms with Crippen LogP contribution in [0.4, 0.5) is 0 Å². The Labute approximate surface area is 165 Å². The number of carbonyl (C=O) groups is 1. The van der Waals surface area contributed by atoms with Gasteiger partial charge in [-0.05, 0) is 56.5 Å². The number of methoxy groups -OCH3 is 1. The monoisotopic (exact) mass is 378 g/mol. The summed E-state index contributed by atoms with van der Waals surface area (Å²) in [5.41, 5.74) is 2.91. The maximum absolute atomic E-state index is 12.2. The van der Waals surface area contributed by atoms with Gasteiger partial charge in [0.1, 0.15) is 11.5 Å². The molecule has 1 atom stereocenters. The zero-order valence-corrected chi connectivity index (χ0v) is 16.6. The molecule has 0 aliphatic heterocycles. The topological polar surface area (TPSA) is 64.4 Å². The lowest BCUT2D eigenvalue weighted by Crippen LogP contribution is -2.26. The highest BCUT2D eigenvalue weighted by Crippen LogP contribution is 2.24. The molecule has 0 bridgehead atoms. The van der Waals surface area contributed by atoms with Gasteiger partial charge in [0.05, 0.1) is 18.8 Å². The number of ether oxygens (including phenoxy) is 1. The average molecular weight is 378 g/mol. The Morgan fingerprint density at radius 3 is 2.54 bits per heavy atom. The molecule has 0 saturated carbocycles. The number of hydrogen-bond acceptors (Lipinski definition) is 4. The SMILES string of the molecule is COc1ccc(-c2nc(CCCC(=O)NC(C)c3ccccc3)c(C)o2)cc1. The van der Waals surface area contributed by atoms with Crippen molar-refractivity contribution < 1.29 is 13.9 Å². The number of aryl methyl sites for hydroxylation is 2. The highest BCUT2D eigenvalue weighted by atomic mass is 16.5. The zero-order valence-electron chi connectivity index (χ0n) is 16.6. The smallest absolute Gasteiger partial charge is 0.226 e. The lowest BCUT2D eigenvalue weighted by Gasteiger charge is -2.14. The molecule has 146 valence electrons. The van der Waals surface area contributed by atoms with Gasteiger partial charge in [-0.2, -0.15) is 0 Å². The fourth-order valence-electron chi connectivity index (χ4n) is 3.07. The lowest BCUT2D eigenvalue weighted by molar-refractivity contribution is -0.121. The van der Waals surface area contributed by atoms with E-state index >= 15 is 0 Å². The van der Waals surface area contributed by atoms with Gasteiger partial charge in [0.2, 0.25) is 11.8 Å². The van der Waals surface area contributed by atoms with Crippen LogP contribution in [0.1, 0.15) is 42.8 Å². The van der Waals surface area contributed by atoms with Gasteiger partial charge in [0.25, 0.3) is 0 Å². The molecule has 0 spiro atoms. The molecular formula is C23H26N2O3. The molecule has 0 aliphatic carbocycles. The molecule has 0 aliphatic rings. The standard InChI is InChI=1S/C23H26N2O3/c1-16(18-8-5-4-6-9-18)24-22(26)11-7-10-21-17(2)28-23(25-21)19-12-14-20(27-3)15-13-19/h4-6,8-9,12-16H,7,10-11H2,1-3H3,(H,24,26). The number of benzene rings is 2. The van der Waals surface area contributed by atoms with E-state index in [1.165, 1.54) is 0 Å². The summed E-state index contributed by atoms with van der Waals surface area (Å²) in [6.07, 6.45) is 1.89. The van der Waals surface area contributed by atoms with Crippen molar-refractivity contribution >= 4 is 5.91 Å². The van der Waals surface area contributed by atoms with E-state index in [-0.39, 0.29) is 11.9 Å². The molecule has 3 rings (SSSR count). The van der Waals surface area contributed by atoms with E-state index in [1.807, 2.05) is 68.4 Å². The molecule has 0 fully saturated rings. The molecular weight excluding hydrogens is 352 g/mol. The first kappa shape index (κ1) is 19.7. The fourth-order valence-corrected chi connectivity index (χ4v) is 3.07. The predicted molar refractivity (Wildman–Crippen MR) is 109 cm³/mol. The van der Waals surface area contributed by atoms with Gasteiger partial charge < -0.3 is 14.5 Å². The van der Waals surface area contributed by atoms with Gasteiger partial charge in [0.15, 0.2) is 0 Å². The minimum absolute atomic E-state index is 0.00385. The molecule has 1 aromatic heterocycles. The van der Waals surface area contributed by atoms with E-state index < -0.39 is 0 Å². The summed E-state index contributed by atoms with van der Waals surface area (Å²) in [6, 6.07) is 17.6. The normalized spacial score (nSPS) is 11.8. The van der Waals surface area contributed by atoms with E-state index in [0.29, 0.717) is 18.7 Å². The highest BCUT2D eigenvalue weighted by molar-refractivity contribution is 5.76. The van der Waals surface area contributed by atoms with E-state index in [9.17, 15) is 4.79 Å². The third-order valence-corrected chi connectivity index (χ3v) is 4.72. The summed E-state index contributed by atoms with van der Waals surface area (Å²) >= 11 is 0. The molecule has 3 aromatic rings. The van der Waals surface area contributed by atoms with Crippen molar-refractivity contribution in [3.8, 4) is 17.2 Å². The zero-order chi connectivity index (χ0) is 19.9. The number of aromatic nitrogens is 1. The Morgan fingerprint density at radius 2 is 1.86 bits per heavy atom. The second-order valence-electron chi connectivity index (χ2n) is 6.80. The van der Waals surface area contributed by atoms with Gasteiger partial charge in [-0.3, -0.25) is 4.79 Å². The van der Waals surface area contributed by atoms with Crippen LogP contribution in [0, 0.1) is 6.92 Å². The first-order chi connectivity index (χ1) is 13.6. The third kappa shape index (κ3) is 5.00. The Kier molecular flexibility index (Phi) is 6.48. The van der Waals surface area contributed by atoms with Gasteiger partial charge in [0, 0.05) is 12.0 Å². The van der Waals surface area contributed by atoms with Crippen molar-refractivity contribution in [3.63, 3.8) is 0 Å². The second kappa shape index (κ2) is 9.22. The summed E-state index contributed by atoms with van der Waals surface area (Å²) in [7, 11) is 1.64. The predicted octanol–water partition coefficient (Wildman–Crippen LogP) is 4.86. The minimum atomic E-state index is 0.00385. The Balaban J connectivity index is 1.52. The number of nitrogens with one attached hydrogen (secondary N) is 1. The minimum Gasteiger partial charge on any atom is -0.497 e. The van der Waals surface area contributed by atoms with Crippen LogP contribution in [-0.4, -0.2) is 18.0 Å². The summed E-state index contributed by atoms with van der Waals surface area (Å²) in [5.74, 6) is 2.23. The summed E-state index contributed by atoms with van der Waals surface area (Å²) in [6.45, 7) is 3.91. The number of hydrogen-bond donors (Lipinski definition) is 1. The van der Waals surface area contributed by atoms with E-state index in [1.54, 1.807) is 7.11 Å². The average Bonchev–Trinajstić information content (AvgIpc) is 3.09. The van der Waals surface area contributed by atoms with Crippen molar-refractivity contribution in [2.45, 2.75) is 39.2 Å². The Bertz CT molecular complexity index is 901. The quantitative estimate of drug-likeness (QED) is 0.608. The van der Waals surface area contributed by atoms with E-state index in [2.05, 4.69) is 10.3 Å². The molecule has 1 amide bonds. The van der Waals surface area contributed by atoms with E-state index in [4.69, 9.17) is 9.15 Å². The van der Waals surface area contributed by atoms with Crippen LogP contribution in [0.3, 0.4) is 0 Å². The number of oxazole rings is 1. The van der Waals surface area contributed by atoms with Crippen molar-refractivity contribution in [2.24, 2.45) is 0 Å². The van der Waals surface area contributed by atoms with Crippen LogP contribution < -0.4 is 10.1 Å². The molecule has 2 aromatic carbocycles. The maximum Gasteiger partial charge on any atom is 0.226 e. The van der Waals surface area contributed by atoms with Crippen LogP contribution in [0.15, 0.2) is 59.0 Å². The van der Waals surface area contributed by atoms with Gasteiger partial charge in [-0.15, -0.1) is 0 Å². The molecule has 1 N–H and O–H groups in total. The molecule has 5 heteroatoms. The summed E-state index contributed by atoms with van der Waals surface area (Å²) in [5, 5.41) is 3.04.